The molecule has 0 saturated carbocycles. The highest BCUT2D eigenvalue weighted by molar-refractivity contribution is 5.74. The van der Waals surface area contributed by atoms with Crippen molar-refractivity contribution in [3.05, 3.63) is 46.4 Å². The summed E-state index contributed by atoms with van der Waals surface area (Å²) in [7, 11) is 0. The second-order valence-electron chi connectivity index (χ2n) is 7.96. The van der Waals surface area contributed by atoms with Gasteiger partial charge >= 0.3 is 11.7 Å². The Labute approximate surface area is 170 Å². The van der Waals surface area contributed by atoms with Crippen LogP contribution in [0.4, 0.5) is 4.79 Å². The Morgan fingerprint density at radius 1 is 1.10 bits per heavy atom. The number of fused-ring (bicyclic) bond motifs is 1. The van der Waals surface area contributed by atoms with Crippen LogP contribution in [0.25, 0.3) is 0 Å². The number of hydrogen-bond acceptors (Lipinski definition) is 4. The summed E-state index contributed by atoms with van der Waals surface area (Å²) in [5.41, 5.74) is 1.13. The molecular formula is C21H30N6O2. The van der Waals surface area contributed by atoms with Crippen LogP contribution in [0.1, 0.15) is 62.4 Å². The molecule has 2 aliphatic heterocycles. The van der Waals surface area contributed by atoms with Crippen LogP contribution in [-0.4, -0.2) is 43.4 Å². The Kier molecular flexibility index (Phi) is 6.27. The van der Waals surface area contributed by atoms with Crippen molar-refractivity contribution in [2.75, 3.05) is 13.1 Å². The van der Waals surface area contributed by atoms with Crippen LogP contribution >= 0.6 is 0 Å². The van der Waals surface area contributed by atoms with Crippen LogP contribution in [0.3, 0.4) is 0 Å². The molecule has 2 aromatic heterocycles. The minimum atomic E-state index is -0.0230. The Morgan fingerprint density at radius 2 is 1.93 bits per heavy atom. The van der Waals surface area contributed by atoms with E-state index in [2.05, 4.69) is 15.4 Å². The first-order valence-corrected chi connectivity index (χ1v) is 10.8. The summed E-state index contributed by atoms with van der Waals surface area (Å²) in [5, 5.41) is 7.51. The third-order valence-corrected chi connectivity index (χ3v) is 5.96. The summed E-state index contributed by atoms with van der Waals surface area (Å²) >= 11 is 0. The molecule has 1 saturated heterocycles. The summed E-state index contributed by atoms with van der Waals surface area (Å²) in [6.07, 6.45) is 11.6. The molecule has 4 rings (SSSR count). The van der Waals surface area contributed by atoms with E-state index in [0.29, 0.717) is 19.5 Å². The molecule has 2 aromatic rings. The van der Waals surface area contributed by atoms with Crippen LogP contribution in [0.2, 0.25) is 0 Å². The number of urea groups is 1. The van der Waals surface area contributed by atoms with Crippen LogP contribution in [0, 0.1) is 0 Å². The van der Waals surface area contributed by atoms with Crippen molar-refractivity contribution in [2.45, 2.75) is 70.5 Å². The van der Waals surface area contributed by atoms with Gasteiger partial charge in [0.05, 0.1) is 6.04 Å². The topological polar surface area (TPSA) is 85.0 Å². The van der Waals surface area contributed by atoms with Crippen molar-refractivity contribution < 1.29 is 4.79 Å². The van der Waals surface area contributed by atoms with E-state index in [4.69, 9.17) is 0 Å². The number of aromatic nitrogens is 4. The van der Waals surface area contributed by atoms with Gasteiger partial charge in [-0.1, -0.05) is 12.8 Å². The highest BCUT2D eigenvalue weighted by Gasteiger charge is 2.26. The minimum absolute atomic E-state index is 0.0173. The van der Waals surface area contributed by atoms with E-state index in [1.165, 1.54) is 0 Å². The van der Waals surface area contributed by atoms with E-state index in [1.54, 1.807) is 21.6 Å². The highest BCUT2D eigenvalue weighted by atomic mass is 16.2. The predicted molar refractivity (Wildman–Crippen MR) is 110 cm³/mol. The van der Waals surface area contributed by atoms with Crippen molar-refractivity contribution in [3.8, 4) is 0 Å². The lowest BCUT2D eigenvalue weighted by molar-refractivity contribution is 0.175. The van der Waals surface area contributed by atoms with Crippen LogP contribution in [0.15, 0.2) is 29.3 Å². The second kappa shape index (κ2) is 9.24. The fourth-order valence-electron chi connectivity index (χ4n) is 4.40. The molecule has 4 heterocycles. The van der Waals surface area contributed by atoms with E-state index >= 15 is 0 Å². The molecule has 0 aromatic carbocycles. The standard InChI is InChI=1S/C21H30N6O2/c28-20(25-14-4-1-2-7-18(25)17-9-12-22-13-10-17)23-11-6-16-27-21(29)26-15-5-3-8-19(26)24-27/h9-10,12-13,18H,1-8,11,14-16H2,(H,23,28). The molecule has 0 radical (unpaired) electrons. The van der Waals surface area contributed by atoms with Gasteiger partial charge in [-0.3, -0.25) is 9.55 Å². The maximum atomic E-state index is 12.9. The van der Waals surface area contributed by atoms with Crippen molar-refractivity contribution in [2.24, 2.45) is 0 Å². The van der Waals surface area contributed by atoms with Gasteiger partial charge in [0.1, 0.15) is 5.82 Å². The van der Waals surface area contributed by atoms with E-state index in [9.17, 15) is 9.59 Å². The molecule has 0 spiro atoms. The van der Waals surface area contributed by atoms with Gasteiger partial charge in [0.15, 0.2) is 0 Å². The summed E-state index contributed by atoms with van der Waals surface area (Å²) in [4.78, 5) is 31.3. The molecule has 2 amide bonds. The maximum absolute atomic E-state index is 12.9. The number of carbonyl (C=O) groups excluding carboxylic acids is 1. The van der Waals surface area contributed by atoms with Crippen molar-refractivity contribution in [3.63, 3.8) is 0 Å². The molecule has 29 heavy (non-hydrogen) atoms. The summed E-state index contributed by atoms with van der Waals surface area (Å²) in [6, 6.07) is 4.08. The zero-order valence-electron chi connectivity index (χ0n) is 16.9. The number of nitrogens with zero attached hydrogens (tertiary/aromatic N) is 5. The van der Waals surface area contributed by atoms with Crippen molar-refractivity contribution in [1.82, 2.24) is 29.5 Å². The average Bonchev–Trinajstić information content (AvgIpc) is 2.93. The third kappa shape index (κ3) is 4.52. The van der Waals surface area contributed by atoms with E-state index in [0.717, 1.165) is 69.4 Å². The number of likely N-dealkylation sites (tertiary alicyclic amines) is 1. The molecule has 1 N–H and O–H groups in total. The average molecular weight is 399 g/mol. The lowest BCUT2D eigenvalue weighted by atomic mass is 10.0. The number of carbonyl (C=O) groups is 1. The van der Waals surface area contributed by atoms with Gasteiger partial charge in [-0.05, 0) is 49.8 Å². The van der Waals surface area contributed by atoms with Gasteiger partial charge in [-0.15, -0.1) is 0 Å². The second-order valence-corrected chi connectivity index (χ2v) is 7.96. The monoisotopic (exact) mass is 398 g/mol. The highest BCUT2D eigenvalue weighted by Crippen LogP contribution is 2.29. The third-order valence-electron chi connectivity index (χ3n) is 5.96. The zero-order chi connectivity index (χ0) is 20.1. The first-order chi connectivity index (χ1) is 14.2. The van der Waals surface area contributed by atoms with Gasteiger partial charge in [0.25, 0.3) is 0 Å². The zero-order valence-corrected chi connectivity index (χ0v) is 16.9. The minimum Gasteiger partial charge on any atom is -0.338 e. The molecular weight excluding hydrogens is 368 g/mol. The normalized spacial score (nSPS) is 19.4. The Hall–Kier alpha value is -2.64. The van der Waals surface area contributed by atoms with Crippen molar-refractivity contribution >= 4 is 6.03 Å². The molecule has 1 unspecified atom stereocenters. The number of aryl methyl sites for hydroxylation is 2. The predicted octanol–water partition coefficient (Wildman–Crippen LogP) is 2.49. The summed E-state index contributed by atoms with van der Waals surface area (Å²) in [5.74, 6) is 0.898. The number of amides is 2. The van der Waals surface area contributed by atoms with Crippen LogP contribution < -0.4 is 11.0 Å². The first-order valence-electron chi connectivity index (χ1n) is 10.8. The Balaban J connectivity index is 1.32. The number of rotatable bonds is 5. The number of hydrogen-bond donors (Lipinski definition) is 1. The molecule has 2 aliphatic rings. The lowest BCUT2D eigenvalue weighted by Crippen LogP contribution is -2.42. The van der Waals surface area contributed by atoms with Crippen LogP contribution in [0.5, 0.6) is 0 Å². The fraction of sp³-hybridized carbons (Fsp3) is 0.619. The summed E-state index contributed by atoms with van der Waals surface area (Å²) in [6.45, 7) is 2.61. The first kappa shape index (κ1) is 19.7. The molecule has 156 valence electrons. The lowest BCUT2D eigenvalue weighted by Gasteiger charge is -2.30. The Bertz CT molecular complexity index is 875. The van der Waals surface area contributed by atoms with Gasteiger partial charge in [-0.2, -0.15) is 5.10 Å². The van der Waals surface area contributed by atoms with Gasteiger partial charge in [0, 0.05) is 45.0 Å². The molecule has 0 aliphatic carbocycles. The number of pyridine rings is 1. The quantitative estimate of drug-likeness (QED) is 0.784. The number of nitrogens with one attached hydrogen (secondary N) is 1. The molecule has 1 atom stereocenters. The van der Waals surface area contributed by atoms with Gasteiger partial charge in [-0.25, -0.2) is 14.3 Å². The summed E-state index contributed by atoms with van der Waals surface area (Å²) < 4.78 is 3.34. The Morgan fingerprint density at radius 3 is 2.76 bits per heavy atom. The largest absolute Gasteiger partial charge is 0.345 e. The van der Waals surface area contributed by atoms with Gasteiger partial charge in [0.2, 0.25) is 0 Å². The molecule has 8 nitrogen and oxygen atoms in total. The molecule has 0 bridgehead atoms. The van der Waals surface area contributed by atoms with E-state index in [-0.39, 0.29) is 17.8 Å². The van der Waals surface area contributed by atoms with Crippen molar-refractivity contribution in [1.29, 1.82) is 0 Å². The van der Waals surface area contributed by atoms with E-state index < -0.39 is 0 Å². The molecule has 1 fully saturated rings. The fourth-order valence-corrected chi connectivity index (χ4v) is 4.40. The van der Waals surface area contributed by atoms with Crippen LogP contribution in [-0.2, 0) is 19.5 Å². The SMILES string of the molecule is O=C(NCCCn1nc2n(c1=O)CCCC2)N1CCCCCC1c1ccncc1. The smallest absolute Gasteiger partial charge is 0.338 e. The van der Waals surface area contributed by atoms with E-state index in [1.807, 2.05) is 17.0 Å². The van der Waals surface area contributed by atoms with Gasteiger partial charge < -0.3 is 10.2 Å². The maximum Gasteiger partial charge on any atom is 0.345 e. The molecule has 8 heteroatoms.